The lowest BCUT2D eigenvalue weighted by molar-refractivity contribution is 0.0869. The molecule has 0 aliphatic heterocycles. The highest BCUT2D eigenvalue weighted by Crippen LogP contribution is 2.38. The van der Waals surface area contributed by atoms with Crippen molar-refractivity contribution in [3.05, 3.63) is 27.0 Å². The Morgan fingerprint density at radius 2 is 2.17 bits per heavy atom. The van der Waals surface area contributed by atoms with Gasteiger partial charge in [-0.2, -0.15) is 4.98 Å². The van der Waals surface area contributed by atoms with Gasteiger partial charge in [0.2, 0.25) is 5.88 Å². The van der Waals surface area contributed by atoms with Crippen LogP contribution in [0.3, 0.4) is 0 Å². The van der Waals surface area contributed by atoms with Crippen molar-refractivity contribution in [1.29, 1.82) is 0 Å². The van der Waals surface area contributed by atoms with E-state index in [0.29, 0.717) is 16.6 Å². The highest BCUT2D eigenvalue weighted by atomic mass is 32.1. The Morgan fingerprint density at radius 3 is 2.83 bits per heavy atom. The number of rotatable bonds is 2. The lowest BCUT2D eigenvalue weighted by Gasteiger charge is -2.39. The van der Waals surface area contributed by atoms with Crippen LogP contribution < -0.4 is 10.9 Å². The third-order valence-electron chi connectivity index (χ3n) is 4.67. The number of aromatic hydroxyl groups is 1. The molecule has 2 N–H and O–H groups in total. The minimum absolute atomic E-state index is 0.000631. The summed E-state index contributed by atoms with van der Waals surface area (Å²) >= 11 is 1.26. The van der Waals surface area contributed by atoms with Crippen LogP contribution in [-0.2, 0) is 0 Å². The Hall–Kier alpha value is -1.89. The zero-order valence-electron chi connectivity index (χ0n) is 14.4. The number of amides is 1. The molecule has 1 fully saturated rings. The number of nitrogens with one attached hydrogen (secondary N) is 1. The maximum Gasteiger partial charge on any atom is 0.275 e. The van der Waals surface area contributed by atoms with Crippen LogP contribution in [0.25, 0.3) is 4.96 Å². The average molecular weight is 349 g/mol. The Labute approximate surface area is 144 Å². The monoisotopic (exact) mass is 349 g/mol. The second kappa shape index (κ2) is 5.88. The van der Waals surface area contributed by atoms with Gasteiger partial charge in [0, 0.05) is 17.1 Å². The number of thiazole rings is 1. The molecule has 130 valence electrons. The first kappa shape index (κ1) is 17.0. The summed E-state index contributed by atoms with van der Waals surface area (Å²) in [6.45, 7) is 8.33. The molecule has 0 radical (unpaired) electrons. The second-order valence-electron chi connectivity index (χ2n) is 7.69. The van der Waals surface area contributed by atoms with Crippen LogP contribution >= 0.6 is 11.3 Å². The Bertz CT molecular complexity index is 853. The van der Waals surface area contributed by atoms with Gasteiger partial charge in [0.05, 0.1) is 0 Å². The quantitative estimate of drug-likeness (QED) is 0.873. The maximum absolute atomic E-state index is 12.6. The van der Waals surface area contributed by atoms with E-state index < -0.39 is 17.3 Å². The summed E-state index contributed by atoms with van der Waals surface area (Å²) in [7, 11) is 0. The van der Waals surface area contributed by atoms with E-state index in [9.17, 15) is 14.7 Å². The molecule has 0 aromatic carbocycles. The van der Waals surface area contributed by atoms with Crippen LogP contribution in [0.5, 0.6) is 5.88 Å². The van der Waals surface area contributed by atoms with Crippen LogP contribution in [0.1, 0.15) is 56.1 Å². The van der Waals surface area contributed by atoms with Crippen LogP contribution in [-0.4, -0.2) is 26.4 Å². The zero-order valence-corrected chi connectivity index (χ0v) is 15.2. The molecular weight excluding hydrogens is 326 g/mol. The molecule has 6 nitrogen and oxygen atoms in total. The van der Waals surface area contributed by atoms with Crippen molar-refractivity contribution in [1.82, 2.24) is 14.7 Å². The van der Waals surface area contributed by atoms with E-state index in [1.807, 2.05) is 0 Å². The fourth-order valence-electron chi connectivity index (χ4n) is 3.98. The fourth-order valence-corrected chi connectivity index (χ4v) is 4.84. The largest absolute Gasteiger partial charge is 0.492 e. The van der Waals surface area contributed by atoms with Crippen LogP contribution in [0.4, 0.5) is 0 Å². The molecule has 0 saturated heterocycles. The van der Waals surface area contributed by atoms with Crippen molar-refractivity contribution < 1.29 is 9.90 Å². The number of nitrogens with zero attached hydrogens (tertiary/aromatic N) is 2. The van der Waals surface area contributed by atoms with Gasteiger partial charge in [0.1, 0.15) is 0 Å². The van der Waals surface area contributed by atoms with E-state index >= 15 is 0 Å². The molecule has 1 amide bonds. The van der Waals surface area contributed by atoms with Crippen LogP contribution in [0.15, 0.2) is 10.2 Å². The Morgan fingerprint density at radius 1 is 1.46 bits per heavy atom. The summed E-state index contributed by atoms with van der Waals surface area (Å²) in [5, 5.41) is 14.8. The molecule has 2 atom stereocenters. The molecule has 2 aromatic heterocycles. The standard InChI is InChI=1S/C17H23N3O3S/c1-9-5-11(7-17(3,4)6-9)18-13(21)12-14(22)19-16-20(15(12)23)10(2)8-24-16/h8-9,11,22H,5-7H2,1-4H3,(H,18,21)/t9-,11-/m0/s1. The summed E-state index contributed by atoms with van der Waals surface area (Å²) in [6.07, 6.45) is 2.86. The first-order valence-corrected chi connectivity index (χ1v) is 9.06. The van der Waals surface area contributed by atoms with Crippen LogP contribution in [0, 0.1) is 18.3 Å². The Balaban J connectivity index is 1.92. The predicted molar refractivity (Wildman–Crippen MR) is 93.8 cm³/mol. The van der Waals surface area contributed by atoms with Gasteiger partial charge in [-0.05, 0) is 37.5 Å². The van der Waals surface area contributed by atoms with E-state index in [1.165, 1.54) is 15.7 Å². The minimum atomic E-state index is -0.542. The molecule has 3 rings (SSSR count). The summed E-state index contributed by atoms with van der Waals surface area (Å²) in [5.41, 5.74) is 0.0645. The first-order valence-electron chi connectivity index (χ1n) is 8.18. The highest BCUT2D eigenvalue weighted by molar-refractivity contribution is 7.15. The smallest absolute Gasteiger partial charge is 0.275 e. The number of aryl methyl sites for hydroxylation is 1. The molecule has 0 spiro atoms. The lowest BCUT2D eigenvalue weighted by atomic mass is 9.70. The molecule has 0 bridgehead atoms. The van der Waals surface area contributed by atoms with Crippen molar-refractivity contribution in [3.63, 3.8) is 0 Å². The number of hydrogen-bond donors (Lipinski definition) is 2. The topological polar surface area (TPSA) is 83.7 Å². The first-order chi connectivity index (χ1) is 11.2. The molecule has 7 heteroatoms. The third kappa shape index (κ3) is 3.05. The van der Waals surface area contributed by atoms with E-state index in [-0.39, 0.29) is 17.0 Å². The van der Waals surface area contributed by atoms with Gasteiger partial charge in [0.25, 0.3) is 11.5 Å². The molecule has 0 unspecified atom stereocenters. The maximum atomic E-state index is 12.6. The number of carbonyl (C=O) groups excluding carboxylic acids is 1. The summed E-state index contributed by atoms with van der Waals surface area (Å²) in [6, 6.07) is -0.000631. The molecular formula is C17H23N3O3S. The van der Waals surface area contributed by atoms with E-state index in [2.05, 4.69) is 31.1 Å². The summed E-state index contributed by atoms with van der Waals surface area (Å²) in [4.78, 5) is 29.6. The van der Waals surface area contributed by atoms with E-state index in [1.54, 1.807) is 12.3 Å². The van der Waals surface area contributed by atoms with E-state index in [4.69, 9.17) is 0 Å². The summed E-state index contributed by atoms with van der Waals surface area (Å²) < 4.78 is 1.37. The van der Waals surface area contributed by atoms with Crippen molar-refractivity contribution in [2.45, 2.75) is 53.0 Å². The van der Waals surface area contributed by atoms with Gasteiger partial charge >= 0.3 is 0 Å². The Kier molecular flexibility index (Phi) is 4.15. The molecule has 24 heavy (non-hydrogen) atoms. The second-order valence-corrected chi connectivity index (χ2v) is 8.53. The van der Waals surface area contributed by atoms with Crippen molar-refractivity contribution >= 4 is 22.2 Å². The van der Waals surface area contributed by atoms with Crippen molar-refractivity contribution in [2.75, 3.05) is 0 Å². The highest BCUT2D eigenvalue weighted by Gasteiger charge is 2.33. The van der Waals surface area contributed by atoms with Gasteiger partial charge in [-0.3, -0.25) is 14.0 Å². The summed E-state index contributed by atoms with van der Waals surface area (Å²) in [5.74, 6) is -0.532. The van der Waals surface area contributed by atoms with Gasteiger partial charge in [-0.1, -0.05) is 20.8 Å². The van der Waals surface area contributed by atoms with Gasteiger partial charge < -0.3 is 10.4 Å². The average Bonchev–Trinajstić information content (AvgIpc) is 2.77. The molecule has 1 aliphatic carbocycles. The molecule has 2 heterocycles. The molecule has 1 saturated carbocycles. The number of hydrogen-bond acceptors (Lipinski definition) is 5. The van der Waals surface area contributed by atoms with Crippen molar-refractivity contribution in [2.24, 2.45) is 11.3 Å². The number of aromatic nitrogens is 2. The van der Waals surface area contributed by atoms with Crippen molar-refractivity contribution in [3.8, 4) is 5.88 Å². The predicted octanol–water partition coefficient (Wildman–Crippen LogP) is 2.71. The zero-order chi connectivity index (χ0) is 17.6. The minimum Gasteiger partial charge on any atom is -0.492 e. The van der Waals surface area contributed by atoms with Gasteiger partial charge in [-0.15, -0.1) is 11.3 Å². The SMILES string of the molecule is Cc1csc2nc(O)c(C(=O)N[C@H]3C[C@H](C)CC(C)(C)C3)c(=O)n12. The lowest BCUT2D eigenvalue weighted by Crippen LogP contribution is -2.44. The molecule has 1 aliphatic rings. The fraction of sp³-hybridized carbons (Fsp3) is 0.588. The molecule has 2 aromatic rings. The third-order valence-corrected chi connectivity index (χ3v) is 5.61. The van der Waals surface area contributed by atoms with Gasteiger partial charge in [-0.25, -0.2) is 0 Å². The van der Waals surface area contributed by atoms with Crippen LogP contribution in [0.2, 0.25) is 0 Å². The van der Waals surface area contributed by atoms with Gasteiger partial charge in [0.15, 0.2) is 10.5 Å². The number of fused-ring (bicyclic) bond motifs is 1. The van der Waals surface area contributed by atoms with E-state index in [0.717, 1.165) is 19.3 Å². The number of carbonyl (C=O) groups is 1. The normalized spacial score (nSPS) is 23.3.